The van der Waals surface area contributed by atoms with Crippen molar-refractivity contribution in [2.75, 3.05) is 5.73 Å². The Kier molecular flexibility index (Phi) is 2.57. The third kappa shape index (κ3) is 2.25. The molecule has 90 valence electrons. The number of anilines is 1. The topological polar surface area (TPSA) is 43.8 Å². The number of aromatic nitrogens is 2. The minimum atomic E-state index is -4.37. The summed E-state index contributed by atoms with van der Waals surface area (Å²) in [5.41, 5.74) is 6.80. The Morgan fingerprint density at radius 1 is 1.29 bits per heavy atom. The SMILES string of the molecule is Cc1cc(-n2cc(C(F)(F)F)cn2)ccc1N. The van der Waals surface area contributed by atoms with E-state index in [0.29, 0.717) is 11.4 Å². The molecule has 6 heteroatoms. The molecule has 1 aromatic carbocycles. The highest BCUT2D eigenvalue weighted by molar-refractivity contribution is 5.51. The van der Waals surface area contributed by atoms with Gasteiger partial charge >= 0.3 is 6.18 Å². The third-order valence-corrected chi connectivity index (χ3v) is 2.43. The zero-order valence-corrected chi connectivity index (χ0v) is 8.99. The number of nitrogens with zero attached hydrogens (tertiary/aromatic N) is 2. The number of halogens is 3. The van der Waals surface area contributed by atoms with Crippen LogP contribution in [0, 0.1) is 6.92 Å². The number of aryl methyl sites for hydroxylation is 1. The first-order chi connectivity index (χ1) is 7.88. The van der Waals surface area contributed by atoms with Crippen molar-refractivity contribution in [2.24, 2.45) is 0 Å². The molecule has 0 fully saturated rings. The number of rotatable bonds is 1. The molecule has 0 amide bonds. The van der Waals surface area contributed by atoms with Crippen LogP contribution in [0.5, 0.6) is 0 Å². The van der Waals surface area contributed by atoms with E-state index in [1.807, 2.05) is 0 Å². The number of nitrogens with two attached hydrogens (primary N) is 1. The number of hydrogen-bond acceptors (Lipinski definition) is 2. The predicted octanol–water partition coefficient (Wildman–Crippen LogP) is 2.78. The minimum Gasteiger partial charge on any atom is -0.399 e. The van der Waals surface area contributed by atoms with Crippen LogP contribution >= 0.6 is 0 Å². The third-order valence-electron chi connectivity index (χ3n) is 2.43. The van der Waals surface area contributed by atoms with Crippen molar-refractivity contribution in [1.82, 2.24) is 9.78 Å². The largest absolute Gasteiger partial charge is 0.419 e. The van der Waals surface area contributed by atoms with Gasteiger partial charge in [-0.15, -0.1) is 0 Å². The minimum absolute atomic E-state index is 0.548. The van der Waals surface area contributed by atoms with Crippen LogP contribution in [0.4, 0.5) is 18.9 Å². The van der Waals surface area contributed by atoms with E-state index in [1.165, 1.54) is 4.68 Å². The normalized spacial score (nSPS) is 11.8. The molecular formula is C11H10F3N3. The summed E-state index contributed by atoms with van der Waals surface area (Å²) in [5, 5.41) is 3.68. The molecule has 0 saturated heterocycles. The van der Waals surface area contributed by atoms with Gasteiger partial charge in [0.2, 0.25) is 0 Å². The average molecular weight is 241 g/mol. The van der Waals surface area contributed by atoms with Crippen LogP contribution in [-0.2, 0) is 6.18 Å². The summed E-state index contributed by atoms with van der Waals surface area (Å²) in [6.45, 7) is 1.78. The molecule has 0 radical (unpaired) electrons. The molecule has 2 aromatic rings. The molecular weight excluding hydrogens is 231 g/mol. The van der Waals surface area contributed by atoms with Crippen LogP contribution in [0.25, 0.3) is 5.69 Å². The van der Waals surface area contributed by atoms with Gasteiger partial charge in [-0.05, 0) is 30.7 Å². The lowest BCUT2D eigenvalue weighted by molar-refractivity contribution is -0.137. The van der Waals surface area contributed by atoms with Crippen molar-refractivity contribution >= 4 is 5.69 Å². The van der Waals surface area contributed by atoms with Crippen molar-refractivity contribution in [2.45, 2.75) is 13.1 Å². The molecule has 0 spiro atoms. The van der Waals surface area contributed by atoms with Gasteiger partial charge < -0.3 is 5.73 Å². The van der Waals surface area contributed by atoms with Gasteiger partial charge in [-0.2, -0.15) is 18.3 Å². The maximum absolute atomic E-state index is 12.4. The van der Waals surface area contributed by atoms with E-state index in [1.54, 1.807) is 25.1 Å². The first kappa shape index (κ1) is 11.5. The molecule has 1 aromatic heterocycles. The molecule has 2 N–H and O–H groups in total. The lowest BCUT2D eigenvalue weighted by atomic mass is 10.2. The van der Waals surface area contributed by atoms with E-state index in [-0.39, 0.29) is 0 Å². The van der Waals surface area contributed by atoms with Crippen molar-refractivity contribution in [3.63, 3.8) is 0 Å². The van der Waals surface area contributed by atoms with E-state index in [9.17, 15) is 13.2 Å². The van der Waals surface area contributed by atoms with Crippen LogP contribution in [-0.4, -0.2) is 9.78 Å². The lowest BCUT2D eigenvalue weighted by Crippen LogP contribution is -2.03. The van der Waals surface area contributed by atoms with Crippen LogP contribution in [0.3, 0.4) is 0 Å². The van der Waals surface area contributed by atoms with Crippen LogP contribution in [0.2, 0.25) is 0 Å². The van der Waals surface area contributed by atoms with Crippen LogP contribution in [0.1, 0.15) is 11.1 Å². The zero-order valence-electron chi connectivity index (χ0n) is 8.99. The molecule has 17 heavy (non-hydrogen) atoms. The number of alkyl halides is 3. The van der Waals surface area contributed by atoms with E-state index < -0.39 is 11.7 Å². The standard InChI is InChI=1S/C11H10F3N3/c1-7-4-9(2-3-10(7)15)17-6-8(5-16-17)11(12,13)14/h2-6H,15H2,1H3. The molecule has 0 atom stereocenters. The zero-order chi connectivity index (χ0) is 12.6. The number of nitrogen functional groups attached to an aromatic ring is 1. The Balaban J connectivity index is 2.40. The second-order valence-corrected chi connectivity index (χ2v) is 3.71. The molecule has 1 heterocycles. The van der Waals surface area contributed by atoms with E-state index in [4.69, 9.17) is 5.73 Å². The highest BCUT2D eigenvalue weighted by atomic mass is 19.4. The van der Waals surface area contributed by atoms with E-state index in [2.05, 4.69) is 5.10 Å². The summed E-state index contributed by atoms with van der Waals surface area (Å²) < 4.78 is 38.3. The van der Waals surface area contributed by atoms with Gasteiger partial charge in [0.05, 0.1) is 17.4 Å². The average Bonchev–Trinajstić information content (AvgIpc) is 2.70. The van der Waals surface area contributed by atoms with Gasteiger partial charge in [-0.3, -0.25) is 0 Å². The number of hydrogen-bond donors (Lipinski definition) is 1. The molecule has 0 aliphatic rings. The van der Waals surface area contributed by atoms with Gasteiger partial charge in [0.1, 0.15) is 0 Å². The summed E-state index contributed by atoms with van der Waals surface area (Å²) in [4.78, 5) is 0. The monoisotopic (exact) mass is 241 g/mol. The number of benzene rings is 1. The van der Waals surface area contributed by atoms with Gasteiger partial charge in [0.25, 0.3) is 0 Å². The maximum Gasteiger partial charge on any atom is 0.419 e. The first-order valence-electron chi connectivity index (χ1n) is 4.86. The Morgan fingerprint density at radius 2 is 2.00 bits per heavy atom. The molecule has 3 nitrogen and oxygen atoms in total. The predicted molar refractivity (Wildman–Crippen MR) is 57.7 cm³/mol. The Hall–Kier alpha value is -1.98. The first-order valence-corrected chi connectivity index (χ1v) is 4.86. The lowest BCUT2D eigenvalue weighted by Gasteiger charge is -2.05. The summed E-state index contributed by atoms with van der Waals surface area (Å²) >= 11 is 0. The summed E-state index contributed by atoms with van der Waals surface area (Å²) in [6, 6.07) is 4.94. The molecule has 0 bridgehead atoms. The van der Waals surface area contributed by atoms with Crippen LogP contribution in [0.15, 0.2) is 30.6 Å². The van der Waals surface area contributed by atoms with Crippen molar-refractivity contribution < 1.29 is 13.2 Å². The molecule has 0 unspecified atom stereocenters. The van der Waals surface area contributed by atoms with Gasteiger partial charge in [0.15, 0.2) is 0 Å². The maximum atomic E-state index is 12.4. The highest BCUT2D eigenvalue weighted by Crippen LogP contribution is 2.29. The van der Waals surface area contributed by atoms with Gasteiger partial charge in [-0.1, -0.05) is 0 Å². The van der Waals surface area contributed by atoms with Crippen molar-refractivity contribution in [1.29, 1.82) is 0 Å². The smallest absolute Gasteiger partial charge is 0.399 e. The van der Waals surface area contributed by atoms with Gasteiger partial charge in [0, 0.05) is 11.9 Å². The van der Waals surface area contributed by atoms with Crippen molar-refractivity contribution in [3.05, 3.63) is 41.7 Å². The van der Waals surface area contributed by atoms with Crippen molar-refractivity contribution in [3.8, 4) is 5.69 Å². The summed E-state index contributed by atoms with van der Waals surface area (Å²) in [7, 11) is 0. The Morgan fingerprint density at radius 3 is 2.53 bits per heavy atom. The Labute approximate surface area is 95.7 Å². The van der Waals surface area contributed by atoms with Gasteiger partial charge in [-0.25, -0.2) is 4.68 Å². The second kappa shape index (κ2) is 3.80. The molecule has 0 aliphatic carbocycles. The summed E-state index contributed by atoms with van der Waals surface area (Å²) in [5.74, 6) is 0. The summed E-state index contributed by atoms with van der Waals surface area (Å²) in [6.07, 6.45) is -2.63. The van der Waals surface area contributed by atoms with E-state index >= 15 is 0 Å². The fourth-order valence-corrected chi connectivity index (χ4v) is 1.41. The fourth-order valence-electron chi connectivity index (χ4n) is 1.41. The Bertz CT molecular complexity index is 543. The second-order valence-electron chi connectivity index (χ2n) is 3.71. The molecule has 0 saturated carbocycles. The molecule has 2 rings (SSSR count). The fraction of sp³-hybridized carbons (Fsp3) is 0.182. The highest BCUT2D eigenvalue weighted by Gasteiger charge is 2.32. The molecule has 0 aliphatic heterocycles. The van der Waals surface area contributed by atoms with E-state index in [0.717, 1.165) is 18.0 Å². The quantitative estimate of drug-likeness (QED) is 0.780. The van der Waals surface area contributed by atoms with Crippen LogP contribution < -0.4 is 5.73 Å².